The fraction of sp³-hybridized carbons (Fsp3) is 0.419. The lowest BCUT2D eigenvalue weighted by molar-refractivity contribution is -0.151. The number of nitrogens with one attached hydrogen (secondary N) is 11. The number of aromatic hydroxyl groups is 2. The molecular formula is C93H118N16O19S. The van der Waals surface area contributed by atoms with Crippen LogP contribution in [0.25, 0.3) is 10.9 Å². The smallest absolute Gasteiger partial charge is 0.305 e. The van der Waals surface area contributed by atoms with Gasteiger partial charge in [-0.25, -0.2) is 0 Å². The summed E-state index contributed by atoms with van der Waals surface area (Å²) in [4.78, 5) is 242. The number of aliphatic carboxylic acids is 1. The first-order valence-electron chi connectivity index (χ1n) is 42.7. The molecule has 1 saturated heterocycles. The number of phenols is 2. The first-order valence-corrected chi connectivity index (χ1v) is 43.8. The van der Waals surface area contributed by atoms with Gasteiger partial charge in [-0.15, -0.1) is 11.8 Å². The Morgan fingerprint density at radius 3 is 1.50 bits per heavy atom. The molecule has 690 valence electrons. The van der Waals surface area contributed by atoms with Crippen LogP contribution in [-0.2, 0) is 115 Å². The van der Waals surface area contributed by atoms with Crippen LogP contribution in [0.3, 0.4) is 0 Å². The molecule has 35 nitrogen and oxygen atoms in total. The number of para-hydroxylation sites is 1. The highest BCUT2D eigenvalue weighted by Gasteiger charge is 2.42. The zero-order chi connectivity index (χ0) is 94.3. The lowest BCUT2D eigenvalue weighted by atomic mass is 9.97. The van der Waals surface area contributed by atoms with Gasteiger partial charge in [0.15, 0.2) is 0 Å². The van der Waals surface area contributed by atoms with E-state index in [1.54, 1.807) is 150 Å². The minimum absolute atomic E-state index is 0.0291. The second kappa shape index (κ2) is 48.9. The number of carboxylic acid groups (broad SMARTS) is 1. The molecule has 0 radical (unpaired) electrons. The molecule has 1 fully saturated rings. The van der Waals surface area contributed by atoms with E-state index in [-0.39, 0.29) is 74.5 Å². The number of thioether (sulfide) groups is 1. The van der Waals surface area contributed by atoms with Crippen molar-refractivity contribution in [3.63, 3.8) is 0 Å². The number of benzene rings is 6. The zero-order valence-corrected chi connectivity index (χ0v) is 74.9. The number of aromatic nitrogens is 1. The quantitative estimate of drug-likeness (QED) is 0.0437. The largest absolute Gasteiger partial charge is 0.508 e. The standard InChI is InChI=1S/C93H118N16O19S/c1-11-12-31-75-92(127)107(8)51-79(114)98-71(47-81(116)117)88(123)105-82(55(4)5)89(124)102-70(45-61-28-20-19-23-56(61)6)87(122)103-72(43-60-34-38-64(111)39-35-60)90(125)106(7)50-78(113)97-69(46-62-48-95-66-30-22-21-29-65(62)66)86(121)101-68(41-59-32-36-63(110)37-33-59)85(120)100-67(40-54(2)3)84(119)104-74(83(118)96-49-77(94)112)52-129-53-80(115)99-73(42-57-24-15-13-16-25-57)91(126)109(10)76(93(128)108(75)9)44-58-26-17-14-18-27-58/h13-30,32-39,48,54-55,67-76,82,95,110-111H,11-12,31,40-47,49-53H2,1-10H3,(H2,94,112)(H,96,118)(H,97,113)(H,98,114)(H,99,115)(H,100,120)(H,101,121)(H,102,124)(H,103,122)(H,104,119)(H,105,123)(H,116,117)/t67-,68-,69-,70?,71-,72-,73-,74-,75-,76-,82-/m0/s1. The van der Waals surface area contributed by atoms with Gasteiger partial charge in [0.1, 0.15) is 78.0 Å². The maximum absolute atomic E-state index is 15.5. The molecule has 1 unspecified atom stereocenters. The second-order valence-corrected chi connectivity index (χ2v) is 34.1. The van der Waals surface area contributed by atoms with Crippen molar-refractivity contribution in [2.75, 3.05) is 59.3 Å². The van der Waals surface area contributed by atoms with Gasteiger partial charge in [0, 0.05) is 89.6 Å². The molecule has 7 aromatic rings. The Kier molecular flexibility index (Phi) is 38.2. The Hall–Kier alpha value is -13.7. The molecule has 15 amide bonds. The topological polar surface area (TPSA) is 509 Å². The van der Waals surface area contributed by atoms with Crippen LogP contribution in [0.4, 0.5) is 0 Å². The minimum Gasteiger partial charge on any atom is -0.508 e. The van der Waals surface area contributed by atoms with Crippen LogP contribution in [0, 0.1) is 18.8 Å². The van der Waals surface area contributed by atoms with E-state index in [0.717, 1.165) is 21.6 Å². The van der Waals surface area contributed by atoms with Gasteiger partial charge in [0.25, 0.3) is 0 Å². The summed E-state index contributed by atoms with van der Waals surface area (Å²) in [5.74, 6) is -17.6. The molecular weight excluding hydrogens is 1680 g/mol. The highest BCUT2D eigenvalue weighted by Crippen LogP contribution is 2.24. The molecule has 1 aromatic heterocycles. The van der Waals surface area contributed by atoms with Gasteiger partial charge in [-0.05, 0) is 101 Å². The third-order valence-corrected chi connectivity index (χ3v) is 23.0. The number of unbranched alkanes of at least 4 members (excludes halogenated alkanes) is 1. The van der Waals surface area contributed by atoms with Gasteiger partial charge in [-0.2, -0.15) is 0 Å². The van der Waals surface area contributed by atoms with Gasteiger partial charge in [-0.3, -0.25) is 76.7 Å². The fourth-order valence-corrected chi connectivity index (χ4v) is 15.7. The Morgan fingerprint density at radius 2 is 0.930 bits per heavy atom. The van der Waals surface area contributed by atoms with Gasteiger partial charge in [0.2, 0.25) is 88.6 Å². The summed E-state index contributed by atoms with van der Waals surface area (Å²) >= 11 is 0.829. The lowest BCUT2D eigenvalue weighted by Crippen LogP contribution is -2.61. The number of fused-ring (bicyclic) bond motifs is 1. The molecule has 0 spiro atoms. The first kappa shape index (κ1) is 101. The number of primary amides is 1. The second-order valence-electron chi connectivity index (χ2n) is 33.1. The summed E-state index contributed by atoms with van der Waals surface area (Å²) in [6, 6.07) is 25.6. The number of phenolic OH excluding ortho intramolecular Hbond substituents is 2. The van der Waals surface area contributed by atoms with Crippen molar-refractivity contribution in [3.8, 4) is 11.5 Å². The summed E-state index contributed by atoms with van der Waals surface area (Å²) in [6.07, 6.45) is 0.0598. The van der Waals surface area contributed by atoms with E-state index >= 15 is 28.8 Å². The third kappa shape index (κ3) is 30.8. The van der Waals surface area contributed by atoms with Crippen molar-refractivity contribution < 1.29 is 92.0 Å². The van der Waals surface area contributed by atoms with Crippen LogP contribution in [0.15, 0.2) is 164 Å². The number of rotatable bonds is 23. The molecule has 0 saturated carbocycles. The predicted molar refractivity (Wildman–Crippen MR) is 482 cm³/mol. The highest BCUT2D eigenvalue weighted by molar-refractivity contribution is 8.00. The summed E-state index contributed by atoms with van der Waals surface area (Å²) in [6.45, 7) is 7.89. The van der Waals surface area contributed by atoms with Crippen molar-refractivity contribution in [1.29, 1.82) is 0 Å². The number of hydrogen-bond donors (Lipinski definition) is 15. The Balaban J connectivity index is 1.21. The van der Waals surface area contributed by atoms with Crippen molar-refractivity contribution in [2.24, 2.45) is 17.6 Å². The van der Waals surface area contributed by atoms with E-state index in [9.17, 15) is 63.3 Å². The summed E-state index contributed by atoms with van der Waals surface area (Å²) in [5, 5.41) is 58.2. The third-order valence-electron chi connectivity index (χ3n) is 22.0. The van der Waals surface area contributed by atoms with Crippen LogP contribution >= 0.6 is 11.8 Å². The molecule has 8 rings (SSSR count). The Bertz CT molecular complexity index is 5100. The van der Waals surface area contributed by atoms with Crippen LogP contribution < -0.4 is 58.9 Å². The fourth-order valence-electron chi connectivity index (χ4n) is 14.9. The normalized spacial score (nSPS) is 21.8. The van der Waals surface area contributed by atoms with Crippen LogP contribution in [-0.4, -0.2) is 260 Å². The number of carboxylic acids is 1. The van der Waals surface area contributed by atoms with E-state index in [4.69, 9.17) is 5.73 Å². The number of likely N-dealkylation sites (N-methyl/N-ethyl adjacent to an activating group) is 4. The van der Waals surface area contributed by atoms with E-state index in [0.29, 0.717) is 62.7 Å². The Morgan fingerprint density at radius 1 is 0.473 bits per heavy atom. The SMILES string of the molecule is CCCC[C@H]1C(=O)N(C)CC(=O)N[C@@H](CC(=O)O)C(=O)N[C@@H](C(C)C)C(=O)NC(Cc2ccccc2C)C(=O)N[C@@H](Cc2ccc(O)cc2)C(=O)N(C)CC(=O)N[C@@H](Cc2c[nH]c3ccccc23)C(=O)N[C@@H](Cc2ccc(O)cc2)C(=O)N[C@@H](CC(C)C)C(=O)N[C@H](C(=O)NCC(N)=O)CSCC(=O)N[C@@H](Cc2ccccc2)C(=O)N(C)[C@@H](Cc2ccccc2)C(=O)N1C. The maximum Gasteiger partial charge on any atom is 0.305 e. The number of carbonyl (C=O) groups is 16. The zero-order valence-electron chi connectivity index (χ0n) is 74.1. The molecule has 1 aliphatic rings. The van der Waals surface area contributed by atoms with Gasteiger partial charge >= 0.3 is 5.97 Å². The number of carbonyl (C=O) groups excluding carboxylic acids is 15. The van der Waals surface area contributed by atoms with Crippen LogP contribution in [0.1, 0.15) is 106 Å². The molecule has 2 heterocycles. The molecule has 6 aromatic carbocycles. The molecule has 0 bridgehead atoms. The molecule has 129 heavy (non-hydrogen) atoms. The predicted octanol–water partition coefficient (Wildman–Crippen LogP) is 2.29. The van der Waals surface area contributed by atoms with Crippen molar-refractivity contribution in [3.05, 3.63) is 203 Å². The van der Waals surface area contributed by atoms with Gasteiger partial charge in [-0.1, -0.05) is 175 Å². The number of amides is 15. The number of aryl methyl sites for hydroxylation is 1. The van der Waals surface area contributed by atoms with Crippen LogP contribution in [0.5, 0.6) is 11.5 Å². The molecule has 1 aliphatic heterocycles. The number of nitrogens with two attached hydrogens (primary N) is 1. The molecule has 0 aliphatic carbocycles. The highest BCUT2D eigenvalue weighted by atomic mass is 32.2. The number of aromatic amines is 1. The number of H-pyrrole nitrogens is 1. The summed E-state index contributed by atoms with van der Waals surface area (Å²) in [5.41, 5.74) is 9.81. The average Bonchev–Trinajstić information content (AvgIpc) is 1.71. The van der Waals surface area contributed by atoms with E-state index in [1.165, 1.54) is 86.5 Å². The van der Waals surface area contributed by atoms with Crippen molar-refractivity contribution >= 4 is 117 Å². The summed E-state index contributed by atoms with van der Waals surface area (Å²) in [7, 11) is 5.25. The van der Waals surface area contributed by atoms with Gasteiger partial charge < -0.3 is 98.8 Å². The average molecular weight is 1800 g/mol. The molecule has 36 heteroatoms. The first-order chi connectivity index (χ1) is 61.4. The monoisotopic (exact) mass is 1790 g/mol. The minimum atomic E-state index is -1.91. The lowest BCUT2D eigenvalue weighted by Gasteiger charge is -2.37. The van der Waals surface area contributed by atoms with Crippen LogP contribution in [0.2, 0.25) is 0 Å². The number of hydrogen-bond acceptors (Lipinski definition) is 19. The van der Waals surface area contributed by atoms with E-state index < -0.39 is 199 Å². The Labute approximate surface area is 753 Å². The van der Waals surface area contributed by atoms with E-state index in [1.807, 2.05) is 6.92 Å². The molecule has 16 N–H and O–H groups in total. The maximum atomic E-state index is 15.5. The van der Waals surface area contributed by atoms with Crippen molar-refractivity contribution in [2.45, 2.75) is 179 Å². The summed E-state index contributed by atoms with van der Waals surface area (Å²) < 4.78 is 0. The van der Waals surface area contributed by atoms with Crippen molar-refractivity contribution in [1.82, 2.24) is 77.8 Å². The van der Waals surface area contributed by atoms with Gasteiger partial charge in [0.05, 0.1) is 31.8 Å². The number of nitrogens with zero attached hydrogens (tertiary/aromatic N) is 4. The molecule has 11 atom stereocenters. The van der Waals surface area contributed by atoms with E-state index in [2.05, 4.69) is 58.2 Å².